The molecule has 1 unspecified atom stereocenters. The SMILES string of the molecule is Cc1cccc(NC2CCCc3cc(O)ccc32)c1Br. The van der Waals surface area contributed by atoms with E-state index in [-0.39, 0.29) is 0 Å². The van der Waals surface area contributed by atoms with Crippen molar-refractivity contribution in [1.82, 2.24) is 0 Å². The van der Waals surface area contributed by atoms with Crippen molar-refractivity contribution in [2.24, 2.45) is 0 Å². The molecule has 2 nitrogen and oxygen atoms in total. The van der Waals surface area contributed by atoms with Gasteiger partial charge in [-0.15, -0.1) is 0 Å². The molecule has 3 heteroatoms. The Morgan fingerprint density at radius 1 is 1.25 bits per heavy atom. The van der Waals surface area contributed by atoms with Crippen LogP contribution in [-0.2, 0) is 6.42 Å². The third-order valence-electron chi connectivity index (χ3n) is 3.96. The van der Waals surface area contributed by atoms with Crippen molar-refractivity contribution in [3.8, 4) is 5.75 Å². The van der Waals surface area contributed by atoms with E-state index in [4.69, 9.17) is 0 Å². The molecular formula is C17H18BrNO. The summed E-state index contributed by atoms with van der Waals surface area (Å²) < 4.78 is 1.13. The van der Waals surface area contributed by atoms with Gasteiger partial charge in [-0.1, -0.05) is 18.2 Å². The number of hydrogen-bond acceptors (Lipinski definition) is 2. The van der Waals surface area contributed by atoms with E-state index in [2.05, 4.69) is 46.4 Å². The smallest absolute Gasteiger partial charge is 0.115 e. The third-order valence-corrected chi connectivity index (χ3v) is 5.02. The van der Waals surface area contributed by atoms with Gasteiger partial charge in [0, 0.05) is 10.2 Å². The largest absolute Gasteiger partial charge is 0.508 e. The monoisotopic (exact) mass is 331 g/mol. The highest BCUT2D eigenvalue weighted by molar-refractivity contribution is 9.10. The molecule has 1 aliphatic carbocycles. The van der Waals surface area contributed by atoms with E-state index in [1.54, 1.807) is 6.07 Å². The van der Waals surface area contributed by atoms with Gasteiger partial charge in [-0.3, -0.25) is 0 Å². The maximum atomic E-state index is 9.62. The summed E-state index contributed by atoms with van der Waals surface area (Å²) in [6.07, 6.45) is 3.33. The summed E-state index contributed by atoms with van der Waals surface area (Å²) in [5.41, 5.74) is 4.94. The number of hydrogen-bond donors (Lipinski definition) is 2. The van der Waals surface area contributed by atoms with E-state index in [9.17, 15) is 5.11 Å². The number of nitrogens with one attached hydrogen (secondary N) is 1. The molecule has 0 heterocycles. The van der Waals surface area contributed by atoms with E-state index < -0.39 is 0 Å². The molecule has 0 aliphatic heterocycles. The van der Waals surface area contributed by atoms with Crippen LogP contribution in [0.2, 0.25) is 0 Å². The second-order valence-corrected chi connectivity index (χ2v) is 6.20. The van der Waals surface area contributed by atoms with Gasteiger partial charge in [-0.25, -0.2) is 0 Å². The minimum atomic E-state index is 0.317. The fraction of sp³-hybridized carbons (Fsp3) is 0.294. The second-order valence-electron chi connectivity index (χ2n) is 5.41. The Hall–Kier alpha value is -1.48. The minimum absolute atomic E-state index is 0.317. The summed E-state index contributed by atoms with van der Waals surface area (Å²) in [7, 11) is 0. The Morgan fingerprint density at radius 3 is 2.95 bits per heavy atom. The number of benzene rings is 2. The lowest BCUT2D eigenvalue weighted by Crippen LogP contribution is -2.17. The molecule has 0 bridgehead atoms. The zero-order chi connectivity index (χ0) is 14.1. The molecule has 0 amide bonds. The molecule has 2 aromatic carbocycles. The number of aryl methyl sites for hydroxylation is 2. The number of aromatic hydroxyl groups is 1. The van der Waals surface area contributed by atoms with Crippen molar-refractivity contribution >= 4 is 21.6 Å². The molecule has 2 aromatic rings. The summed E-state index contributed by atoms with van der Waals surface area (Å²) in [5.74, 6) is 0.362. The average molecular weight is 332 g/mol. The van der Waals surface area contributed by atoms with Crippen LogP contribution in [0.25, 0.3) is 0 Å². The molecule has 0 saturated heterocycles. The van der Waals surface area contributed by atoms with Crippen molar-refractivity contribution in [2.75, 3.05) is 5.32 Å². The van der Waals surface area contributed by atoms with Crippen LogP contribution in [0.15, 0.2) is 40.9 Å². The van der Waals surface area contributed by atoms with Gasteiger partial charge < -0.3 is 10.4 Å². The van der Waals surface area contributed by atoms with Gasteiger partial charge in [0.1, 0.15) is 5.75 Å². The zero-order valence-corrected chi connectivity index (χ0v) is 13.1. The average Bonchev–Trinajstić information content (AvgIpc) is 2.44. The predicted molar refractivity (Wildman–Crippen MR) is 86.3 cm³/mol. The van der Waals surface area contributed by atoms with E-state index in [0.29, 0.717) is 11.8 Å². The summed E-state index contributed by atoms with van der Waals surface area (Å²) in [5, 5.41) is 13.3. The summed E-state index contributed by atoms with van der Waals surface area (Å²) in [4.78, 5) is 0. The van der Waals surface area contributed by atoms with Crippen molar-refractivity contribution in [2.45, 2.75) is 32.2 Å². The fourth-order valence-electron chi connectivity index (χ4n) is 2.90. The van der Waals surface area contributed by atoms with Crippen molar-refractivity contribution in [3.63, 3.8) is 0 Å². The summed E-state index contributed by atoms with van der Waals surface area (Å²) in [6.45, 7) is 2.10. The Morgan fingerprint density at radius 2 is 2.10 bits per heavy atom. The molecule has 2 N–H and O–H groups in total. The molecule has 1 aliphatic rings. The maximum absolute atomic E-state index is 9.62. The zero-order valence-electron chi connectivity index (χ0n) is 11.5. The topological polar surface area (TPSA) is 32.3 Å². The number of halogens is 1. The third kappa shape index (κ3) is 2.55. The molecule has 0 fully saturated rings. The number of phenolic OH excluding ortho intramolecular Hbond substituents is 1. The molecule has 0 spiro atoms. The van der Waals surface area contributed by atoms with Crippen molar-refractivity contribution in [1.29, 1.82) is 0 Å². The van der Waals surface area contributed by atoms with E-state index in [1.165, 1.54) is 16.7 Å². The van der Waals surface area contributed by atoms with Crippen LogP contribution in [0, 0.1) is 6.92 Å². The highest BCUT2D eigenvalue weighted by atomic mass is 79.9. The van der Waals surface area contributed by atoms with Gasteiger partial charge in [0.05, 0.1) is 6.04 Å². The molecule has 0 radical (unpaired) electrons. The predicted octanol–water partition coefficient (Wildman–Crippen LogP) is 4.95. The molecular weight excluding hydrogens is 314 g/mol. The number of anilines is 1. The first-order valence-electron chi connectivity index (χ1n) is 6.98. The normalized spacial score (nSPS) is 17.6. The second kappa shape index (κ2) is 5.49. The highest BCUT2D eigenvalue weighted by Gasteiger charge is 2.21. The minimum Gasteiger partial charge on any atom is -0.508 e. The molecule has 1 atom stereocenters. The Labute approximate surface area is 128 Å². The molecule has 104 valence electrons. The Bertz CT molecular complexity index is 639. The summed E-state index contributed by atoms with van der Waals surface area (Å²) in [6, 6.07) is 12.3. The van der Waals surface area contributed by atoms with Crippen LogP contribution in [0.5, 0.6) is 5.75 Å². The quantitative estimate of drug-likeness (QED) is 0.815. The lowest BCUT2D eigenvalue weighted by atomic mass is 9.87. The molecule has 0 aromatic heterocycles. The molecule has 0 saturated carbocycles. The van der Waals surface area contributed by atoms with Gasteiger partial charge in [-0.2, -0.15) is 0 Å². The number of rotatable bonds is 2. The standard InChI is InChI=1S/C17H18BrNO/c1-11-4-2-7-16(17(11)18)19-15-6-3-5-12-10-13(20)8-9-14(12)15/h2,4,7-10,15,19-20H,3,5-6H2,1H3. The number of phenols is 1. The first kappa shape index (κ1) is 13.5. The van der Waals surface area contributed by atoms with Crippen LogP contribution >= 0.6 is 15.9 Å². The van der Waals surface area contributed by atoms with Crippen LogP contribution in [0.4, 0.5) is 5.69 Å². The molecule has 3 rings (SSSR count). The summed E-state index contributed by atoms with van der Waals surface area (Å²) >= 11 is 3.66. The fourth-order valence-corrected chi connectivity index (χ4v) is 3.28. The van der Waals surface area contributed by atoms with Gasteiger partial charge in [0.25, 0.3) is 0 Å². The van der Waals surface area contributed by atoms with Gasteiger partial charge >= 0.3 is 0 Å². The van der Waals surface area contributed by atoms with E-state index in [0.717, 1.165) is 29.4 Å². The number of fused-ring (bicyclic) bond motifs is 1. The highest BCUT2D eigenvalue weighted by Crippen LogP contribution is 2.36. The molecule has 20 heavy (non-hydrogen) atoms. The first-order chi connectivity index (χ1) is 9.65. The van der Waals surface area contributed by atoms with Gasteiger partial charge in [-0.05, 0) is 77.0 Å². The van der Waals surface area contributed by atoms with Crippen LogP contribution in [0.1, 0.15) is 35.6 Å². The van der Waals surface area contributed by atoms with Crippen LogP contribution in [0.3, 0.4) is 0 Å². The lowest BCUT2D eigenvalue weighted by Gasteiger charge is -2.28. The van der Waals surface area contributed by atoms with Gasteiger partial charge in [0.15, 0.2) is 0 Å². The van der Waals surface area contributed by atoms with E-state index >= 15 is 0 Å². The van der Waals surface area contributed by atoms with Crippen molar-refractivity contribution < 1.29 is 5.11 Å². The van der Waals surface area contributed by atoms with Crippen molar-refractivity contribution in [3.05, 3.63) is 57.6 Å². The lowest BCUT2D eigenvalue weighted by molar-refractivity contribution is 0.472. The van der Waals surface area contributed by atoms with Crippen LogP contribution < -0.4 is 5.32 Å². The Kier molecular flexibility index (Phi) is 3.70. The first-order valence-corrected chi connectivity index (χ1v) is 7.78. The van der Waals surface area contributed by atoms with Crippen LogP contribution in [-0.4, -0.2) is 5.11 Å². The maximum Gasteiger partial charge on any atom is 0.115 e. The van der Waals surface area contributed by atoms with Gasteiger partial charge in [0.2, 0.25) is 0 Å². The van der Waals surface area contributed by atoms with E-state index in [1.807, 2.05) is 12.1 Å². The Balaban J connectivity index is 1.91.